The molecule has 4 fully saturated rings. The molecule has 0 radical (unpaired) electrons. The highest BCUT2D eigenvalue weighted by Gasteiger charge is 2.62. The van der Waals surface area contributed by atoms with E-state index in [1.165, 1.54) is 120 Å². The highest BCUT2D eigenvalue weighted by Crippen LogP contribution is 2.70. The van der Waals surface area contributed by atoms with Crippen molar-refractivity contribution in [1.29, 1.82) is 0 Å². The molecular weight excluding hydrogens is 673 g/mol. The van der Waals surface area contributed by atoms with E-state index in [2.05, 4.69) is 170 Å². The zero-order valence-corrected chi connectivity index (χ0v) is 31.5. The van der Waals surface area contributed by atoms with E-state index in [1.54, 1.807) is 11.1 Å². The van der Waals surface area contributed by atoms with Crippen LogP contribution in [0, 0.1) is 23.7 Å². The Hall–Kier alpha value is -5.98. The van der Waals surface area contributed by atoms with Crippen LogP contribution < -0.4 is 0 Å². The summed E-state index contributed by atoms with van der Waals surface area (Å²) < 4.78 is 0. The minimum Gasteiger partial charge on any atom is -0.0622 e. The van der Waals surface area contributed by atoms with Crippen LogP contribution in [-0.2, 0) is 5.41 Å². The van der Waals surface area contributed by atoms with Gasteiger partial charge in [-0.3, -0.25) is 0 Å². The van der Waals surface area contributed by atoms with Crippen molar-refractivity contribution in [3.8, 4) is 44.5 Å². The van der Waals surface area contributed by atoms with Crippen molar-refractivity contribution in [2.75, 3.05) is 0 Å². The van der Waals surface area contributed by atoms with Gasteiger partial charge in [-0.25, -0.2) is 0 Å². The molecule has 0 aromatic heterocycles. The third-order valence-corrected chi connectivity index (χ3v) is 15.0. The molecule has 4 bridgehead atoms. The van der Waals surface area contributed by atoms with Gasteiger partial charge >= 0.3 is 0 Å². The van der Waals surface area contributed by atoms with Crippen molar-refractivity contribution >= 4 is 43.1 Å². The molecule has 5 aliphatic rings. The summed E-state index contributed by atoms with van der Waals surface area (Å²) in [6, 6.07) is 64.8. The first-order chi connectivity index (χ1) is 27.8. The molecule has 0 aliphatic heterocycles. The van der Waals surface area contributed by atoms with Crippen LogP contribution in [0.3, 0.4) is 0 Å². The van der Waals surface area contributed by atoms with E-state index in [1.807, 2.05) is 0 Å². The SMILES string of the molecule is c1ccc(-c2ccc(-c3c4ccccc4c(-c4ccc5c(c4)-c4ccc6ccccc6c4C54C5CC6CC(C5)CC4C6)c4ccccc34)c3ccccc23)cc1. The molecule has 1 spiro atoms. The lowest BCUT2D eigenvalue weighted by atomic mass is 9.43. The van der Waals surface area contributed by atoms with Crippen LogP contribution in [0.4, 0.5) is 0 Å². The van der Waals surface area contributed by atoms with E-state index in [-0.39, 0.29) is 5.41 Å². The Morgan fingerprint density at radius 1 is 0.339 bits per heavy atom. The second-order valence-electron chi connectivity index (χ2n) is 17.6. The summed E-state index contributed by atoms with van der Waals surface area (Å²) >= 11 is 0. The molecule has 5 aliphatic carbocycles. The number of hydrogen-bond donors (Lipinski definition) is 0. The van der Waals surface area contributed by atoms with Gasteiger partial charge in [0.05, 0.1) is 0 Å². The predicted molar refractivity (Wildman–Crippen MR) is 236 cm³/mol. The van der Waals surface area contributed by atoms with E-state index < -0.39 is 0 Å². The molecular formula is C56H42. The molecule has 0 heterocycles. The van der Waals surface area contributed by atoms with Crippen molar-refractivity contribution in [2.24, 2.45) is 23.7 Å². The van der Waals surface area contributed by atoms with Gasteiger partial charge < -0.3 is 0 Å². The maximum Gasteiger partial charge on any atom is 0.0278 e. The maximum absolute atomic E-state index is 2.61. The van der Waals surface area contributed by atoms with E-state index in [4.69, 9.17) is 0 Å². The summed E-state index contributed by atoms with van der Waals surface area (Å²) in [7, 11) is 0. The molecule has 0 nitrogen and oxygen atoms in total. The molecule has 266 valence electrons. The number of benzene rings is 9. The fourth-order valence-electron chi connectivity index (χ4n) is 13.3. The van der Waals surface area contributed by atoms with Crippen LogP contribution in [0.5, 0.6) is 0 Å². The average Bonchev–Trinajstić information content (AvgIpc) is 3.55. The standard InChI is InChI=1S/C56H42/c1-2-12-36(13-3-1)41-25-26-49(44-17-7-6-16-43(41)44)54-47-20-10-8-18-45(47)53(46-19-9-11-21-48(46)54)38-23-27-52-51(33-38)50-24-22-37-14-4-5-15-42(37)55(50)56(52)39-29-34-28-35(31-39)32-40(56)30-34/h1-27,33-35,39-40H,28-32H2. The normalized spacial score (nSPS) is 23.1. The van der Waals surface area contributed by atoms with Gasteiger partial charge in [0.1, 0.15) is 0 Å². The van der Waals surface area contributed by atoms with Gasteiger partial charge in [-0.05, 0) is 161 Å². The largest absolute Gasteiger partial charge is 0.0622 e. The molecule has 9 aromatic rings. The summed E-state index contributed by atoms with van der Waals surface area (Å²) in [5.41, 5.74) is 14.2. The third-order valence-electron chi connectivity index (χ3n) is 15.0. The average molecular weight is 715 g/mol. The number of rotatable bonds is 3. The minimum atomic E-state index is 0.123. The molecule has 0 atom stereocenters. The van der Waals surface area contributed by atoms with E-state index >= 15 is 0 Å². The Labute approximate surface area is 328 Å². The van der Waals surface area contributed by atoms with Gasteiger partial charge in [-0.15, -0.1) is 0 Å². The summed E-state index contributed by atoms with van der Waals surface area (Å²) in [5, 5.41) is 10.7. The van der Waals surface area contributed by atoms with Crippen molar-refractivity contribution in [1.82, 2.24) is 0 Å². The molecule has 0 heteroatoms. The third kappa shape index (κ3) is 4.09. The fraction of sp³-hybridized carbons (Fsp3) is 0.179. The second kappa shape index (κ2) is 11.5. The Bertz CT molecular complexity index is 3010. The minimum absolute atomic E-state index is 0.123. The monoisotopic (exact) mass is 714 g/mol. The van der Waals surface area contributed by atoms with Crippen molar-refractivity contribution in [3.63, 3.8) is 0 Å². The van der Waals surface area contributed by atoms with E-state index in [0.29, 0.717) is 0 Å². The number of fused-ring (bicyclic) bond motifs is 8. The van der Waals surface area contributed by atoms with Crippen LogP contribution in [0.1, 0.15) is 43.2 Å². The Morgan fingerprint density at radius 3 is 1.52 bits per heavy atom. The Morgan fingerprint density at radius 2 is 0.857 bits per heavy atom. The fourth-order valence-corrected chi connectivity index (χ4v) is 13.3. The van der Waals surface area contributed by atoms with Gasteiger partial charge in [0.15, 0.2) is 0 Å². The van der Waals surface area contributed by atoms with Crippen molar-refractivity contribution in [3.05, 3.63) is 181 Å². The highest BCUT2D eigenvalue weighted by atomic mass is 14.6. The molecule has 0 saturated heterocycles. The van der Waals surface area contributed by atoms with E-state index in [9.17, 15) is 0 Å². The molecule has 4 saturated carbocycles. The van der Waals surface area contributed by atoms with Crippen molar-refractivity contribution in [2.45, 2.75) is 37.5 Å². The zero-order valence-electron chi connectivity index (χ0n) is 31.5. The molecule has 0 N–H and O–H groups in total. The second-order valence-corrected chi connectivity index (χ2v) is 17.6. The smallest absolute Gasteiger partial charge is 0.0278 e. The Balaban J connectivity index is 1.07. The van der Waals surface area contributed by atoms with E-state index in [0.717, 1.165) is 23.7 Å². The summed E-state index contributed by atoms with van der Waals surface area (Å²) in [6.07, 6.45) is 7.06. The van der Waals surface area contributed by atoms with Crippen LogP contribution in [0.25, 0.3) is 87.6 Å². The van der Waals surface area contributed by atoms with Crippen LogP contribution >= 0.6 is 0 Å². The van der Waals surface area contributed by atoms with Crippen molar-refractivity contribution < 1.29 is 0 Å². The first-order valence-electron chi connectivity index (χ1n) is 20.9. The summed E-state index contributed by atoms with van der Waals surface area (Å²) in [4.78, 5) is 0. The van der Waals surface area contributed by atoms with Gasteiger partial charge in [0, 0.05) is 5.41 Å². The lowest BCUT2D eigenvalue weighted by Gasteiger charge is -2.61. The quantitative estimate of drug-likeness (QED) is 0.160. The lowest BCUT2D eigenvalue weighted by Crippen LogP contribution is -2.55. The molecule has 14 rings (SSSR count). The zero-order chi connectivity index (χ0) is 36.5. The van der Waals surface area contributed by atoms with Crippen LogP contribution in [-0.4, -0.2) is 0 Å². The first kappa shape index (κ1) is 31.2. The first-order valence-corrected chi connectivity index (χ1v) is 20.9. The van der Waals surface area contributed by atoms with Crippen LogP contribution in [0.15, 0.2) is 170 Å². The molecule has 9 aromatic carbocycles. The maximum atomic E-state index is 2.61. The van der Waals surface area contributed by atoms with Gasteiger partial charge in [-0.1, -0.05) is 164 Å². The highest BCUT2D eigenvalue weighted by molar-refractivity contribution is 6.24. The van der Waals surface area contributed by atoms with Crippen LogP contribution in [0.2, 0.25) is 0 Å². The molecule has 0 amide bonds. The molecule has 0 unspecified atom stereocenters. The number of hydrogen-bond acceptors (Lipinski definition) is 0. The summed E-state index contributed by atoms with van der Waals surface area (Å²) in [6.45, 7) is 0. The van der Waals surface area contributed by atoms with Gasteiger partial charge in [0.25, 0.3) is 0 Å². The predicted octanol–water partition coefficient (Wildman–Crippen LogP) is 15.0. The summed E-state index contributed by atoms with van der Waals surface area (Å²) in [5.74, 6) is 3.32. The topological polar surface area (TPSA) is 0 Å². The lowest BCUT2D eigenvalue weighted by molar-refractivity contribution is -0.0393. The van der Waals surface area contributed by atoms with Gasteiger partial charge in [-0.2, -0.15) is 0 Å². The van der Waals surface area contributed by atoms with Gasteiger partial charge in [0.2, 0.25) is 0 Å². The Kier molecular flexibility index (Phi) is 6.43. The molecule has 56 heavy (non-hydrogen) atoms.